The second-order valence-electron chi connectivity index (χ2n) is 7.32. The SMILES string of the molecule is CC#CC[C@H](C)[C@@H](O)/C=C/[C@@H]1[C@H]2c3cccc(CC)c3O[C@H]2C[C@H]1O.O=C=O. The number of aliphatic hydroxyl groups excluding tert-OH is 2. The second kappa shape index (κ2) is 10.2. The average Bonchev–Trinajstić information content (AvgIpc) is 3.19. The summed E-state index contributed by atoms with van der Waals surface area (Å²) >= 11 is 0. The Bertz CT molecular complexity index is 782. The van der Waals surface area contributed by atoms with Crippen molar-refractivity contribution in [3.05, 3.63) is 41.5 Å². The number of aliphatic hydroxyl groups is 2. The predicted octanol–water partition coefficient (Wildman–Crippen LogP) is 2.86. The van der Waals surface area contributed by atoms with E-state index >= 15 is 0 Å². The first-order chi connectivity index (χ1) is 13.5. The first kappa shape index (κ1) is 21.9. The molecule has 3 rings (SSSR count). The second-order valence-corrected chi connectivity index (χ2v) is 7.32. The number of benzene rings is 1. The number of hydrogen-bond acceptors (Lipinski definition) is 5. The molecule has 150 valence electrons. The molecule has 2 aliphatic rings. The Morgan fingerprint density at radius 1 is 1.36 bits per heavy atom. The Hall–Kier alpha value is -2.38. The van der Waals surface area contributed by atoms with Crippen molar-refractivity contribution in [1.82, 2.24) is 0 Å². The number of rotatable bonds is 5. The quantitative estimate of drug-likeness (QED) is 0.602. The van der Waals surface area contributed by atoms with Crippen molar-refractivity contribution in [2.45, 2.75) is 64.3 Å². The lowest BCUT2D eigenvalue weighted by atomic mass is 9.86. The van der Waals surface area contributed by atoms with Crippen molar-refractivity contribution >= 4 is 6.15 Å². The molecule has 1 saturated carbocycles. The van der Waals surface area contributed by atoms with Gasteiger partial charge in [0.1, 0.15) is 11.9 Å². The van der Waals surface area contributed by atoms with E-state index in [0.29, 0.717) is 12.8 Å². The minimum absolute atomic E-state index is 0.0162. The maximum atomic E-state index is 10.5. The zero-order valence-electron chi connectivity index (χ0n) is 16.6. The molecule has 5 heteroatoms. The van der Waals surface area contributed by atoms with Crippen LogP contribution in [0.1, 0.15) is 50.7 Å². The van der Waals surface area contributed by atoms with Crippen LogP contribution in [0.25, 0.3) is 0 Å². The van der Waals surface area contributed by atoms with Gasteiger partial charge in [0, 0.05) is 30.2 Å². The van der Waals surface area contributed by atoms with Gasteiger partial charge in [-0.2, -0.15) is 9.59 Å². The van der Waals surface area contributed by atoms with Gasteiger partial charge in [0.2, 0.25) is 0 Å². The van der Waals surface area contributed by atoms with Crippen molar-refractivity contribution in [3.63, 3.8) is 0 Å². The molecule has 5 nitrogen and oxygen atoms in total. The van der Waals surface area contributed by atoms with Crippen molar-refractivity contribution in [1.29, 1.82) is 0 Å². The van der Waals surface area contributed by atoms with Gasteiger partial charge in [-0.25, -0.2) is 0 Å². The third-order valence-corrected chi connectivity index (χ3v) is 5.58. The number of fused-ring (bicyclic) bond motifs is 3. The summed E-state index contributed by atoms with van der Waals surface area (Å²) in [6, 6.07) is 6.31. The van der Waals surface area contributed by atoms with Gasteiger partial charge in [0.25, 0.3) is 0 Å². The highest BCUT2D eigenvalue weighted by atomic mass is 16.5. The monoisotopic (exact) mass is 384 g/mol. The molecule has 0 radical (unpaired) electrons. The van der Waals surface area contributed by atoms with E-state index in [0.717, 1.165) is 12.2 Å². The first-order valence-electron chi connectivity index (χ1n) is 9.70. The van der Waals surface area contributed by atoms with Crippen LogP contribution in [-0.2, 0) is 16.0 Å². The number of aryl methyl sites for hydroxylation is 1. The zero-order valence-corrected chi connectivity index (χ0v) is 16.6. The highest BCUT2D eigenvalue weighted by molar-refractivity contribution is 5.49. The zero-order chi connectivity index (χ0) is 20.7. The molecule has 0 saturated heterocycles. The molecule has 0 bridgehead atoms. The Morgan fingerprint density at radius 3 is 2.71 bits per heavy atom. The number of hydrogen-bond donors (Lipinski definition) is 2. The molecule has 0 aromatic heterocycles. The van der Waals surface area contributed by atoms with Gasteiger partial charge in [-0.15, -0.1) is 11.8 Å². The summed E-state index contributed by atoms with van der Waals surface area (Å²) in [5.41, 5.74) is 2.44. The van der Waals surface area contributed by atoms with Crippen LogP contribution in [0.2, 0.25) is 0 Å². The molecule has 1 fully saturated rings. The Kier molecular flexibility index (Phi) is 8.02. The first-order valence-corrected chi connectivity index (χ1v) is 9.70. The van der Waals surface area contributed by atoms with Crippen molar-refractivity contribution in [3.8, 4) is 17.6 Å². The maximum absolute atomic E-state index is 10.5. The summed E-state index contributed by atoms with van der Waals surface area (Å²) in [5, 5.41) is 20.8. The van der Waals surface area contributed by atoms with Crippen molar-refractivity contribution in [2.24, 2.45) is 11.8 Å². The minimum atomic E-state index is -0.545. The molecule has 28 heavy (non-hydrogen) atoms. The number of ether oxygens (including phenoxy) is 1. The molecule has 1 aromatic carbocycles. The number of para-hydroxylation sites is 1. The minimum Gasteiger partial charge on any atom is -0.489 e. The molecule has 1 aliphatic heterocycles. The van der Waals surface area contributed by atoms with Crippen molar-refractivity contribution in [2.75, 3.05) is 0 Å². The van der Waals surface area contributed by atoms with Crippen LogP contribution in [0.5, 0.6) is 5.75 Å². The lowest BCUT2D eigenvalue weighted by molar-refractivity contribution is -0.191. The molecule has 0 amide bonds. The molecule has 1 heterocycles. The average molecular weight is 384 g/mol. The summed E-state index contributed by atoms with van der Waals surface area (Å²) in [6.45, 7) is 5.94. The summed E-state index contributed by atoms with van der Waals surface area (Å²) in [7, 11) is 0. The van der Waals surface area contributed by atoms with Crippen LogP contribution in [0.3, 0.4) is 0 Å². The largest absolute Gasteiger partial charge is 0.489 e. The van der Waals surface area contributed by atoms with Gasteiger partial charge in [-0.1, -0.05) is 44.2 Å². The Labute approximate surface area is 166 Å². The van der Waals surface area contributed by atoms with E-state index < -0.39 is 12.2 Å². The number of carbonyl (C=O) groups excluding carboxylic acids is 2. The Balaban J connectivity index is 0.000000878. The van der Waals surface area contributed by atoms with Crippen LogP contribution in [0, 0.1) is 23.7 Å². The van der Waals surface area contributed by atoms with E-state index in [-0.39, 0.29) is 30.0 Å². The van der Waals surface area contributed by atoms with E-state index in [2.05, 4.69) is 37.0 Å². The molecular weight excluding hydrogens is 356 g/mol. The molecular formula is C23H28O5. The van der Waals surface area contributed by atoms with Crippen LogP contribution in [-0.4, -0.2) is 34.7 Å². The highest BCUT2D eigenvalue weighted by Crippen LogP contribution is 2.51. The fourth-order valence-corrected chi connectivity index (χ4v) is 4.06. The van der Waals surface area contributed by atoms with Crippen LogP contribution >= 0.6 is 0 Å². The highest BCUT2D eigenvalue weighted by Gasteiger charge is 2.48. The fraction of sp³-hybridized carbons (Fsp3) is 0.522. The van der Waals surface area contributed by atoms with Gasteiger partial charge in [-0.05, 0) is 24.8 Å². The summed E-state index contributed by atoms with van der Waals surface area (Å²) in [6.07, 6.45) is 5.40. The van der Waals surface area contributed by atoms with E-state index in [1.807, 2.05) is 26.0 Å². The van der Waals surface area contributed by atoms with E-state index in [4.69, 9.17) is 14.3 Å². The third kappa shape index (κ3) is 4.72. The summed E-state index contributed by atoms with van der Waals surface area (Å²) in [5.74, 6) is 7.13. The van der Waals surface area contributed by atoms with Crippen LogP contribution < -0.4 is 4.74 Å². The lowest BCUT2D eigenvalue weighted by Crippen LogP contribution is -2.19. The van der Waals surface area contributed by atoms with Gasteiger partial charge in [0.05, 0.1) is 12.2 Å². The van der Waals surface area contributed by atoms with E-state index in [9.17, 15) is 10.2 Å². The van der Waals surface area contributed by atoms with Crippen LogP contribution in [0.4, 0.5) is 0 Å². The molecule has 1 aliphatic carbocycles. The summed E-state index contributed by atoms with van der Waals surface area (Å²) < 4.78 is 6.19. The fourth-order valence-electron chi connectivity index (χ4n) is 4.06. The molecule has 0 unspecified atom stereocenters. The standard InChI is InChI=1S/C22H28O3.CO2/c1-4-6-8-14(3)18(23)12-11-16-19(24)13-20-21(16)17-10-7-9-15(5-2)22(17)25-20;2-1-3/h7,9-12,14,16,18-21,23-24H,5,8,13H2,1-3H3;/b12-11+;/t14-,16-,18-,19+,20-,21-;/m0./s1. The maximum Gasteiger partial charge on any atom is 0.373 e. The molecule has 1 aromatic rings. The van der Waals surface area contributed by atoms with Gasteiger partial charge < -0.3 is 14.9 Å². The van der Waals surface area contributed by atoms with Gasteiger partial charge in [-0.3, -0.25) is 0 Å². The topological polar surface area (TPSA) is 83.8 Å². The van der Waals surface area contributed by atoms with Crippen LogP contribution in [0.15, 0.2) is 30.4 Å². The van der Waals surface area contributed by atoms with E-state index in [1.54, 1.807) is 0 Å². The molecule has 6 atom stereocenters. The predicted molar refractivity (Wildman–Crippen MR) is 104 cm³/mol. The third-order valence-electron chi connectivity index (χ3n) is 5.58. The van der Waals surface area contributed by atoms with Gasteiger partial charge in [0.15, 0.2) is 0 Å². The lowest BCUT2D eigenvalue weighted by Gasteiger charge is -2.19. The molecule has 2 N–H and O–H groups in total. The Morgan fingerprint density at radius 2 is 2.07 bits per heavy atom. The van der Waals surface area contributed by atoms with Crippen molar-refractivity contribution < 1.29 is 24.5 Å². The normalized spacial score (nSPS) is 26.6. The van der Waals surface area contributed by atoms with E-state index in [1.165, 1.54) is 11.1 Å². The smallest absolute Gasteiger partial charge is 0.373 e. The molecule has 0 spiro atoms. The van der Waals surface area contributed by atoms with Gasteiger partial charge >= 0.3 is 6.15 Å². The summed E-state index contributed by atoms with van der Waals surface area (Å²) in [4.78, 5) is 16.2.